The van der Waals surface area contributed by atoms with E-state index < -0.39 is 0 Å². The first-order valence-electron chi connectivity index (χ1n) is 3.09. The minimum atomic E-state index is -0.206. The summed E-state index contributed by atoms with van der Waals surface area (Å²) in [7, 11) is 0. The number of β-lactam (4-membered cyclic amide) rings is 1. The Morgan fingerprint density at radius 1 is 1.80 bits per heavy atom. The smallest absolute Gasteiger partial charge is 0.252 e. The predicted octanol–water partition coefficient (Wildman–Crippen LogP) is 0.000600. The van der Waals surface area contributed by atoms with Gasteiger partial charge in [0.05, 0.1) is 0 Å². The van der Waals surface area contributed by atoms with Crippen molar-refractivity contribution in [2.24, 2.45) is 4.36 Å². The van der Waals surface area contributed by atoms with Gasteiger partial charge in [-0.15, -0.1) is 11.8 Å². The van der Waals surface area contributed by atoms with Crippen molar-refractivity contribution in [1.82, 2.24) is 4.90 Å². The third-order valence-corrected chi connectivity index (χ3v) is 3.35. The number of nitrogens with zero attached hydrogens (tertiary/aromatic N) is 2. The number of hydrogen-bond donors (Lipinski definition) is 0. The highest BCUT2D eigenvalue weighted by Gasteiger charge is 2.50. The Morgan fingerprint density at radius 3 is 3.30 bits per heavy atom. The molecule has 2 heterocycles. The van der Waals surface area contributed by atoms with E-state index in [0.717, 1.165) is 12.3 Å². The maximum absolute atomic E-state index is 11.0. The van der Waals surface area contributed by atoms with Crippen molar-refractivity contribution >= 4 is 30.1 Å². The largest absolute Gasteiger partial charge is 0.325 e. The molecule has 0 bridgehead atoms. The van der Waals surface area contributed by atoms with Gasteiger partial charge in [0.25, 0.3) is 5.91 Å². The fourth-order valence-electron chi connectivity index (χ4n) is 1.29. The maximum Gasteiger partial charge on any atom is 0.252 e. The molecule has 2 aliphatic heterocycles. The zero-order valence-electron chi connectivity index (χ0n) is 5.19. The molecule has 0 saturated carbocycles. The topological polar surface area (TPSA) is 32.7 Å². The van der Waals surface area contributed by atoms with Crippen LogP contribution in [0.15, 0.2) is 4.36 Å². The zero-order chi connectivity index (χ0) is 7.14. The molecule has 0 N–H and O–H groups in total. The van der Waals surface area contributed by atoms with Crippen LogP contribution in [-0.4, -0.2) is 34.5 Å². The molecule has 1 amide bonds. The van der Waals surface area contributed by atoms with Crippen LogP contribution in [0.1, 0.15) is 0 Å². The summed E-state index contributed by atoms with van der Waals surface area (Å²) >= 11 is 6.26. The number of fused-ring (bicyclic) bond motifs is 1. The normalized spacial score (nSPS) is 37.2. The van der Waals surface area contributed by atoms with Crippen LogP contribution < -0.4 is 0 Å². The van der Waals surface area contributed by atoms with Gasteiger partial charge >= 0.3 is 0 Å². The second-order valence-electron chi connectivity index (χ2n) is 2.34. The molecule has 2 fully saturated rings. The highest BCUT2D eigenvalue weighted by atomic mass is 32.2. The van der Waals surface area contributed by atoms with Gasteiger partial charge < -0.3 is 4.90 Å². The molecule has 10 heavy (non-hydrogen) atoms. The van der Waals surface area contributed by atoms with E-state index in [0.29, 0.717) is 0 Å². The van der Waals surface area contributed by atoms with E-state index in [-0.39, 0.29) is 17.3 Å². The lowest BCUT2D eigenvalue weighted by atomic mass is 10.1. The van der Waals surface area contributed by atoms with Gasteiger partial charge in [0.2, 0.25) is 0 Å². The quantitative estimate of drug-likeness (QED) is 0.525. The molecule has 0 aromatic rings. The van der Waals surface area contributed by atoms with Crippen molar-refractivity contribution in [3.63, 3.8) is 0 Å². The fourth-order valence-corrected chi connectivity index (χ4v) is 2.87. The molecule has 2 saturated heterocycles. The first-order chi connectivity index (χ1) is 4.84. The molecule has 2 rings (SSSR count). The van der Waals surface area contributed by atoms with Gasteiger partial charge in [-0.05, 0) is 0 Å². The average Bonchev–Trinajstić information content (AvgIpc) is 2.33. The van der Waals surface area contributed by atoms with Gasteiger partial charge in [0.1, 0.15) is 5.37 Å². The van der Waals surface area contributed by atoms with Crippen LogP contribution in [0.2, 0.25) is 0 Å². The first kappa shape index (κ1) is 6.54. The highest BCUT2D eigenvalue weighted by Crippen LogP contribution is 2.36. The van der Waals surface area contributed by atoms with Crippen molar-refractivity contribution < 1.29 is 4.79 Å². The van der Waals surface area contributed by atoms with Crippen molar-refractivity contribution in [2.45, 2.75) is 11.4 Å². The fraction of sp³-hybridized carbons (Fsp3) is 0.800. The minimum Gasteiger partial charge on any atom is -0.325 e. The summed E-state index contributed by atoms with van der Waals surface area (Å²) in [5.41, 5.74) is 0. The monoisotopic (exact) mass is 174 g/mol. The molecule has 0 radical (unpaired) electrons. The molecule has 0 aromatic heterocycles. The third kappa shape index (κ3) is 0.645. The SMILES string of the molecule is O=C1C(N=S)[C@H]2SCCN12. The second kappa shape index (κ2) is 2.17. The van der Waals surface area contributed by atoms with E-state index in [2.05, 4.69) is 16.8 Å². The Morgan fingerprint density at radius 2 is 2.60 bits per heavy atom. The second-order valence-corrected chi connectivity index (χ2v) is 3.78. The average molecular weight is 174 g/mol. The lowest BCUT2D eigenvalue weighted by Crippen LogP contribution is -2.59. The lowest BCUT2D eigenvalue weighted by molar-refractivity contribution is -0.142. The van der Waals surface area contributed by atoms with E-state index >= 15 is 0 Å². The van der Waals surface area contributed by atoms with Crippen LogP contribution >= 0.6 is 11.8 Å². The number of thioether (sulfide) groups is 1. The van der Waals surface area contributed by atoms with Gasteiger partial charge in [-0.3, -0.25) is 4.79 Å². The molecule has 0 spiro atoms. The van der Waals surface area contributed by atoms with Crippen molar-refractivity contribution in [3.8, 4) is 0 Å². The summed E-state index contributed by atoms with van der Waals surface area (Å²) in [4.78, 5) is 12.9. The number of carbonyl (C=O) groups is 1. The first-order valence-corrected chi connectivity index (χ1v) is 4.50. The van der Waals surface area contributed by atoms with E-state index in [9.17, 15) is 4.79 Å². The van der Waals surface area contributed by atoms with Crippen LogP contribution in [0.25, 0.3) is 0 Å². The molecule has 2 atom stereocenters. The molecule has 3 nitrogen and oxygen atoms in total. The summed E-state index contributed by atoms with van der Waals surface area (Å²) in [6.07, 6.45) is 0. The summed E-state index contributed by atoms with van der Waals surface area (Å²) < 4.78 is 3.59. The molecule has 0 aromatic carbocycles. The van der Waals surface area contributed by atoms with Gasteiger partial charge in [-0.1, -0.05) is 0 Å². The van der Waals surface area contributed by atoms with Crippen molar-refractivity contribution in [1.29, 1.82) is 0 Å². The van der Waals surface area contributed by atoms with Crippen LogP contribution in [0.3, 0.4) is 0 Å². The molecule has 54 valence electrons. The summed E-state index contributed by atoms with van der Waals surface area (Å²) in [6, 6.07) is -0.206. The van der Waals surface area contributed by atoms with Gasteiger partial charge in [-0.25, -0.2) is 4.36 Å². The van der Waals surface area contributed by atoms with E-state index in [1.165, 1.54) is 0 Å². The Balaban J connectivity index is 2.14. The van der Waals surface area contributed by atoms with E-state index in [1.807, 2.05) is 4.90 Å². The van der Waals surface area contributed by atoms with E-state index in [4.69, 9.17) is 0 Å². The van der Waals surface area contributed by atoms with Gasteiger partial charge in [0, 0.05) is 24.7 Å². The zero-order valence-corrected chi connectivity index (χ0v) is 6.82. The molecule has 5 heteroatoms. The summed E-state index contributed by atoms with van der Waals surface area (Å²) in [5.74, 6) is 1.16. The lowest BCUT2D eigenvalue weighted by Gasteiger charge is -2.38. The van der Waals surface area contributed by atoms with Gasteiger partial charge in [0.15, 0.2) is 6.04 Å². The minimum absolute atomic E-state index is 0.116. The number of carbonyl (C=O) groups excluding carboxylic acids is 1. The predicted molar refractivity (Wildman–Crippen MR) is 41.5 cm³/mol. The summed E-state index contributed by atoms with van der Waals surface area (Å²) in [6.45, 7) is 0.884. The van der Waals surface area contributed by atoms with Crippen molar-refractivity contribution in [2.75, 3.05) is 12.3 Å². The standard InChI is InChI=1S/C5H6N2OS2/c8-4-3(6-9)5-7(4)1-2-10-5/h3,5H,1-2H2/t3?,5-/m1/s1. The molecular weight excluding hydrogens is 168 g/mol. The van der Waals surface area contributed by atoms with Crippen LogP contribution in [0.4, 0.5) is 0 Å². The third-order valence-electron chi connectivity index (χ3n) is 1.85. The Bertz CT molecular complexity index is 196. The van der Waals surface area contributed by atoms with E-state index in [1.54, 1.807) is 11.8 Å². The Hall–Kier alpha value is -0.160. The molecular formula is C5H6N2OS2. The van der Waals surface area contributed by atoms with Crippen LogP contribution in [0.5, 0.6) is 0 Å². The molecule has 1 unspecified atom stereocenters. The Labute approximate surface area is 68.3 Å². The summed E-state index contributed by atoms with van der Waals surface area (Å²) in [5, 5.41) is 0.282. The highest BCUT2D eigenvalue weighted by molar-refractivity contribution is 8.00. The number of rotatable bonds is 1. The van der Waals surface area contributed by atoms with Crippen molar-refractivity contribution in [3.05, 3.63) is 0 Å². The molecule has 0 aliphatic carbocycles. The number of amides is 1. The number of hydrogen-bond acceptors (Lipinski definition) is 4. The van der Waals surface area contributed by atoms with Crippen LogP contribution in [0, 0.1) is 0 Å². The van der Waals surface area contributed by atoms with Crippen LogP contribution in [-0.2, 0) is 17.2 Å². The Kier molecular flexibility index (Phi) is 1.42. The molecule has 2 aliphatic rings. The van der Waals surface area contributed by atoms with Gasteiger partial charge in [-0.2, -0.15) is 0 Å². The maximum atomic E-state index is 11.0.